The third-order valence-corrected chi connectivity index (χ3v) is 3.29. The first-order valence-electron chi connectivity index (χ1n) is 6.10. The van der Waals surface area contributed by atoms with Gasteiger partial charge in [-0.1, -0.05) is 37.5 Å². The zero-order chi connectivity index (χ0) is 11.8. The first kappa shape index (κ1) is 13.0. The van der Waals surface area contributed by atoms with E-state index in [0.717, 1.165) is 13.2 Å². The van der Waals surface area contributed by atoms with E-state index in [-0.39, 0.29) is 0 Å². The van der Waals surface area contributed by atoms with Gasteiger partial charge in [0.05, 0.1) is 0 Å². The molecule has 1 aliphatic carbocycles. The van der Waals surface area contributed by atoms with Crippen molar-refractivity contribution < 1.29 is 5.11 Å². The van der Waals surface area contributed by atoms with Crippen molar-refractivity contribution in [1.82, 2.24) is 0 Å². The quantitative estimate of drug-likeness (QED) is 0.829. The van der Waals surface area contributed by atoms with Crippen LogP contribution in [-0.2, 0) is 0 Å². The summed E-state index contributed by atoms with van der Waals surface area (Å²) in [6.45, 7) is 0. The number of rotatable bonds is 2. The summed E-state index contributed by atoms with van der Waals surface area (Å²) >= 11 is 0. The van der Waals surface area contributed by atoms with E-state index in [9.17, 15) is 0 Å². The molecule has 1 fully saturated rings. The van der Waals surface area contributed by atoms with Gasteiger partial charge in [0, 0.05) is 25.9 Å². The van der Waals surface area contributed by atoms with E-state index in [1.807, 2.05) is 0 Å². The zero-order valence-electron chi connectivity index (χ0n) is 10.4. The van der Waals surface area contributed by atoms with Gasteiger partial charge in [0.2, 0.25) is 0 Å². The maximum absolute atomic E-state index is 7.00. The normalized spacial score (nSPS) is 16.2. The summed E-state index contributed by atoms with van der Waals surface area (Å²) in [4.78, 5) is 2.44. The van der Waals surface area contributed by atoms with Gasteiger partial charge in [-0.25, -0.2) is 0 Å². The molecule has 1 aromatic rings. The third-order valence-electron chi connectivity index (χ3n) is 3.29. The highest BCUT2D eigenvalue weighted by Gasteiger charge is 2.17. The minimum absolute atomic E-state index is 0.770. The Labute approximate surface area is 98.9 Å². The molecule has 2 rings (SSSR count). The minimum atomic E-state index is 0.770. The molecule has 0 heterocycles. The van der Waals surface area contributed by atoms with E-state index in [4.69, 9.17) is 5.11 Å². The number of anilines is 1. The van der Waals surface area contributed by atoms with Crippen LogP contribution < -0.4 is 4.90 Å². The van der Waals surface area contributed by atoms with Gasteiger partial charge in [0.25, 0.3) is 0 Å². The second-order valence-electron chi connectivity index (χ2n) is 4.24. The van der Waals surface area contributed by atoms with Crippen molar-refractivity contribution in [2.75, 3.05) is 19.1 Å². The third kappa shape index (κ3) is 3.53. The van der Waals surface area contributed by atoms with Crippen molar-refractivity contribution in [2.24, 2.45) is 0 Å². The molecule has 0 atom stereocenters. The molecule has 0 bridgehead atoms. The fraction of sp³-hybridized carbons (Fsp3) is 0.571. The van der Waals surface area contributed by atoms with E-state index < -0.39 is 0 Å². The predicted octanol–water partition coefficient (Wildman–Crippen LogP) is 3.06. The highest BCUT2D eigenvalue weighted by molar-refractivity contribution is 5.46. The van der Waals surface area contributed by atoms with Crippen LogP contribution in [0.3, 0.4) is 0 Å². The Hall–Kier alpha value is -1.02. The molecule has 1 N–H and O–H groups in total. The average molecular weight is 221 g/mol. The number of benzene rings is 1. The Bertz CT molecular complexity index is 267. The van der Waals surface area contributed by atoms with Crippen LogP contribution in [0.2, 0.25) is 0 Å². The fourth-order valence-corrected chi connectivity index (χ4v) is 2.34. The van der Waals surface area contributed by atoms with Crippen LogP contribution in [0, 0.1) is 0 Å². The van der Waals surface area contributed by atoms with Gasteiger partial charge >= 0.3 is 0 Å². The Morgan fingerprint density at radius 3 is 2.12 bits per heavy atom. The number of para-hydroxylation sites is 1. The monoisotopic (exact) mass is 221 g/mol. The molecular formula is C14H23NO. The first-order chi connectivity index (χ1) is 7.88. The van der Waals surface area contributed by atoms with Gasteiger partial charge in [-0.3, -0.25) is 0 Å². The minimum Gasteiger partial charge on any atom is -0.400 e. The van der Waals surface area contributed by atoms with Crippen LogP contribution in [0.1, 0.15) is 32.1 Å². The Kier molecular flexibility index (Phi) is 5.94. The van der Waals surface area contributed by atoms with E-state index in [0.29, 0.717) is 0 Å². The molecule has 0 aliphatic heterocycles. The maximum Gasteiger partial charge on any atom is 0.0366 e. The summed E-state index contributed by atoms with van der Waals surface area (Å²) in [5, 5.41) is 7.00. The van der Waals surface area contributed by atoms with Crippen LogP contribution in [-0.4, -0.2) is 25.3 Å². The van der Waals surface area contributed by atoms with Crippen LogP contribution in [0.5, 0.6) is 0 Å². The predicted molar refractivity (Wildman–Crippen MR) is 69.9 cm³/mol. The topological polar surface area (TPSA) is 23.5 Å². The van der Waals surface area contributed by atoms with Crippen LogP contribution in [0.15, 0.2) is 30.3 Å². The molecule has 90 valence electrons. The standard InChI is InChI=1S/C13H19N.CH4O/c1-14(12-8-4-2-5-9-12)13-10-6-3-7-11-13;1-2/h2,4-5,8-9,13H,3,6-7,10-11H2,1H3;2H,1H3. The smallest absolute Gasteiger partial charge is 0.0366 e. The highest BCUT2D eigenvalue weighted by Crippen LogP contribution is 2.25. The lowest BCUT2D eigenvalue weighted by atomic mass is 9.94. The number of aliphatic hydroxyl groups is 1. The first-order valence-corrected chi connectivity index (χ1v) is 6.10. The molecule has 0 saturated heterocycles. The molecule has 0 amide bonds. The summed E-state index contributed by atoms with van der Waals surface area (Å²) < 4.78 is 0. The Balaban J connectivity index is 0.000000606. The van der Waals surface area contributed by atoms with Crippen LogP contribution in [0.25, 0.3) is 0 Å². The van der Waals surface area contributed by atoms with E-state index in [1.165, 1.54) is 37.8 Å². The largest absolute Gasteiger partial charge is 0.400 e. The van der Waals surface area contributed by atoms with E-state index in [2.05, 4.69) is 42.3 Å². The van der Waals surface area contributed by atoms with Crippen molar-refractivity contribution in [3.63, 3.8) is 0 Å². The van der Waals surface area contributed by atoms with E-state index in [1.54, 1.807) is 0 Å². The van der Waals surface area contributed by atoms with Crippen molar-refractivity contribution >= 4 is 5.69 Å². The number of aliphatic hydroxyl groups excluding tert-OH is 1. The van der Waals surface area contributed by atoms with Crippen molar-refractivity contribution in [2.45, 2.75) is 38.1 Å². The van der Waals surface area contributed by atoms with Crippen molar-refractivity contribution in [1.29, 1.82) is 0 Å². The van der Waals surface area contributed by atoms with Gasteiger partial charge in [0.15, 0.2) is 0 Å². The number of hydrogen-bond donors (Lipinski definition) is 1. The summed E-state index contributed by atoms with van der Waals surface area (Å²) in [7, 11) is 3.23. The van der Waals surface area contributed by atoms with Crippen molar-refractivity contribution in [3.8, 4) is 0 Å². The molecule has 2 heteroatoms. The second-order valence-corrected chi connectivity index (χ2v) is 4.24. The molecule has 1 aromatic carbocycles. The highest BCUT2D eigenvalue weighted by atomic mass is 16.2. The molecular weight excluding hydrogens is 198 g/mol. The van der Waals surface area contributed by atoms with Gasteiger partial charge in [-0.15, -0.1) is 0 Å². The lowest BCUT2D eigenvalue weighted by Crippen LogP contribution is -2.33. The average Bonchev–Trinajstić information content (AvgIpc) is 2.42. The summed E-state index contributed by atoms with van der Waals surface area (Å²) in [5.74, 6) is 0. The zero-order valence-corrected chi connectivity index (χ0v) is 10.4. The summed E-state index contributed by atoms with van der Waals surface area (Å²) in [6, 6.07) is 11.5. The Morgan fingerprint density at radius 1 is 1.00 bits per heavy atom. The number of hydrogen-bond acceptors (Lipinski definition) is 2. The van der Waals surface area contributed by atoms with Gasteiger partial charge in [-0.2, -0.15) is 0 Å². The van der Waals surface area contributed by atoms with E-state index >= 15 is 0 Å². The Morgan fingerprint density at radius 2 is 1.56 bits per heavy atom. The lowest BCUT2D eigenvalue weighted by Gasteiger charge is -2.32. The fourth-order valence-electron chi connectivity index (χ4n) is 2.34. The summed E-state index contributed by atoms with van der Waals surface area (Å²) in [5.41, 5.74) is 1.36. The molecule has 1 aliphatic rings. The SMILES string of the molecule is CN(c1ccccc1)C1CCCCC1.CO. The molecule has 2 nitrogen and oxygen atoms in total. The van der Waals surface area contributed by atoms with Crippen LogP contribution in [0.4, 0.5) is 5.69 Å². The lowest BCUT2D eigenvalue weighted by molar-refractivity contribution is 0.399. The number of nitrogens with zero attached hydrogens (tertiary/aromatic N) is 1. The molecule has 0 spiro atoms. The van der Waals surface area contributed by atoms with Gasteiger partial charge in [0.1, 0.15) is 0 Å². The van der Waals surface area contributed by atoms with Crippen molar-refractivity contribution in [3.05, 3.63) is 30.3 Å². The van der Waals surface area contributed by atoms with Gasteiger partial charge in [-0.05, 0) is 25.0 Å². The maximum atomic E-state index is 7.00. The molecule has 0 unspecified atom stereocenters. The second kappa shape index (κ2) is 7.29. The van der Waals surface area contributed by atoms with Crippen LogP contribution >= 0.6 is 0 Å². The molecule has 0 radical (unpaired) electrons. The molecule has 16 heavy (non-hydrogen) atoms. The molecule has 0 aromatic heterocycles. The van der Waals surface area contributed by atoms with Gasteiger partial charge < -0.3 is 10.0 Å². The molecule has 1 saturated carbocycles. The summed E-state index contributed by atoms with van der Waals surface area (Å²) in [6.07, 6.45) is 6.97.